The number of halogens is 3. The number of nitrogens with zero attached hydrogens (tertiary/aromatic N) is 2. The van der Waals surface area contributed by atoms with E-state index in [1.54, 1.807) is 31.2 Å². The first-order chi connectivity index (χ1) is 17.1. The van der Waals surface area contributed by atoms with Crippen LogP contribution in [0.25, 0.3) is 11.0 Å². The van der Waals surface area contributed by atoms with Crippen LogP contribution in [0, 0.1) is 6.92 Å². The lowest BCUT2D eigenvalue weighted by atomic mass is 9.87. The van der Waals surface area contributed by atoms with Crippen molar-refractivity contribution >= 4 is 27.0 Å². The third-order valence-electron chi connectivity index (χ3n) is 6.12. The van der Waals surface area contributed by atoms with Gasteiger partial charge in [0.05, 0.1) is 21.5 Å². The van der Waals surface area contributed by atoms with Crippen LogP contribution in [-0.2, 0) is 28.0 Å². The number of carboxylic acids is 1. The van der Waals surface area contributed by atoms with Gasteiger partial charge >= 0.3 is 12.1 Å². The number of rotatable bonds is 5. The molecule has 0 saturated heterocycles. The summed E-state index contributed by atoms with van der Waals surface area (Å²) in [6, 6.07) is 14.3. The van der Waals surface area contributed by atoms with Crippen LogP contribution in [0.15, 0.2) is 65.6 Å². The molecule has 0 aliphatic carbocycles. The van der Waals surface area contributed by atoms with Gasteiger partial charge in [0, 0.05) is 12.1 Å². The number of hydrogen-bond acceptors (Lipinski definition) is 4. The van der Waals surface area contributed by atoms with Crippen molar-refractivity contribution in [1.29, 1.82) is 0 Å². The number of fused-ring (bicyclic) bond motifs is 1. The van der Waals surface area contributed by atoms with Gasteiger partial charge in [0.25, 0.3) is 10.0 Å². The average molecular weight is 531 g/mol. The number of aromatic carboxylic acids is 1. The second kappa shape index (κ2) is 9.02. The van der Waals surface area contributed by atoms with Gasteiger partial charge in [-0.2, -0.15) is 13.2 Å². The molecule has 0 atom stereocenters. The Morgan fingerprint density at radius 2 is 1.70 bits per heavy atom. The lowest BCUT2D eigenvalue weighted by Crippen LogP contribution is -2.18. The molecule has 1 N–H and O–H groups in total. The molecule has 0 fully saturated rings. The maximum Gasteiger partial charge on any atom is 0.433 e. The zero-order chi connectivity index (χ0) is 27.3. The van der Waals surface area contributed by atoms with Crippen molar-refractivity contribution in [2.45, 2.75) is 50.6 Å². The number of carbonyl (C=O) groups is 1. The maximum atomic E-state index is 13.9. The smallest absolute Gasteiger partial charge is 0.433 e. The molecule has 4 rings (SSSR count). The number of carboxylic acid groups (broad SMARTS) is 1. The van der Waals surface area contributed by atoms with Gasteiger partial charge in [0.15, 0.2) is 0 Å². The molecule has 0 radical (unpaired) electrons. The first-order valence-corrected chi connectivity index (χ1v) is 12.8. The Morgan fingerprint density at radius 1 is 1.00 bits per heavy atom. The van der Waals surface area contributed by atoms with Crippen LogP contribution in [0.3, 0.4) is 0 Å². The number of aryl methyl sites for hydroxylation is 1. The fourth-order valence-corrected chi connectivity index (χ4v) is 5.77. The standard InChI is InChI=1S/C27H25F3N2O4S/c1-16-12-17(8-9-21(16)25(33)34)13-19-15-22-23(10-11-24(31-22)27(28,29)30)32(19)37(35,36)20-7-5-6-18(14-20)26(2,3)4/h5-12,14-15H,13H2,1-4H3,(H,33,34). The molecule has 4 aromatic rings. The third-order valence-corrected chi connectivity index (χ3v) is 7.88. The Bertz CT molecular complexity index is 1630. The van der Waals surface area contributed by atoms with E-state index in [4.69, 9.17) is 0 Å². The third kappa shape index (κ3) is 5.11. The van der Waals surface area contributed by atoms with Crippen LogP contribution >= 0.6 is 0 Å². The minimum atomic E-state index is -4.69. The van der Waals surface area contributed by atoms with E-state index in [-0.39, 0.29) is 39.0 Å². The molecule has 0 aliphatic heterocycles. The highest BCUT2D eigenvalue weighted by Gasteiger charge is 2.34. The molecule has 2 aromatic carbocycles. The quantitative estimate of drug-likeness (QED) is 0.333. The molecule has 37 heavy (non-hydrogen) atoms. The molecule has 194 valence electrons. The van der Waals surface area contributed by atoms with Crippen molar-refractivity contribution in [3.8, 4) is 0 Å². The summed E-state index contributed by atoms with van der Waals surface area (Å²) in [5.74, 6) is -1.09. The summed E-state index contributed by atoms with van der Waals surface area (Å²) in [5.41, 5.74) is 0.605. The summed E-state index contributed by atoms with van der Waals surface area (Å²) in [6.45, 7) is 7.46. The Morgan fingerprint density at radius 3 is 2.30 bits per heavy atom. The van der Waals surface area contributed by atoms with Gasteiger partial charge < -0.3 is 5.11 Å². The minimum absolute atomic E-state index is 0.00372. The van der Waals surface area contributed by atoms with E-state index in [0.29, 0.717) is 11.1 Å². The Balaban J connectivity index is 1.93. The molecule has 0 saturated carbocycles. The average Bonchev–Trinajstić information content (AvgIpc) is 3.15. The molecule has 0 unspecified atom stereocenters. The zero-order valence-corrected chi connectivity index (χ0v) is 21.4. The number of pyridine rings is 1. The van der Waals surface area contributed by atoms with Crippen LogP contribution in [0.5, 0.6) is 0 Å². The zero-order valence-electron chi connectivity index (χ0n) is 20.6. The fourth-order valence-electron chi connectivity index (χ4n) is 4.19. The first-order valence-electron chi connectivity index (χ1n) is 11.4. The first kappa shape index (κ1) is 26.4. The van der Waals surface area contributed by atoms with E-state index in [9.17, 15) is 31.5 Å². The van der Waals surface area contributed by atoms with E-state index in [2.05, 4.69) is 4.98 Å². The lowest BCUT2D eigenvalue weighted by Gasteiger charge is -2.20. The van der Waals surface area contributed by atoms with Crippen molar-refractivity contribution in [1.82, 2.24) is 8.96 Å². The Kier molecular flexibility index (Phi) is 6.44. The number of aromatic nitrogens is 2. The Hall–Kier alpha value is -3.66. The predicted molar refractivity (Wildman–Crippen MR) is 133 cm³/mol. The highest BCUT2D eigenvalue weighted by Crippen LogP contribution is 2.33. The van der Waals surface area contributed by atoms with E-state index >= 15 is 0 Å². The molecular weight excluding hydrogens is 505 g/mol. The number of hydrogen-bond donors (Lipinski definition) is 1. The van der Waals surface area contributed by atoms with Crippen molar-refractivity contribution in [3.05, 3.63) is 94.3 Å². The molecule has 0 spiro atoms. The summed E-state index contributed by atoms with van der Waals surface area (Å²) in [4.78, 5) is 15.1. The van der Waals surface area contributed by atoms with Crippen LogP contribution < -0.4 is 0 Å². The summed E-state index contributed by atoms with van der Waals surface area (Å²) in [5, 5.41) is 9.31. The topological polar surface area (TPSA) is 89.3 Å². The minimum Gasteiger partial charge on any atom is -0.478 e. The van der Waals surface area contributed by atoms with Gasteiger partial charge in [-0.1, -0.05) is 45.0 Å². The normalized spacial score (nSPS) is 12.7. The molecule has 2 heterocycles. The monoisotopic (exact) mass is 530 g/mol. The Labute approximate surface area is 212 Å². The van der Waals surface area contributed by atoms with Gasteiger partial charge in [0.1, 0.15) is 5.69 Å². The highest BCUT2D eigenvalue weighted by molar-refractivity contribution is 7.90. The molecular formula is C27H25F3N2O4S. The van der Waals surface area contributed by atoms with E-state index in [1.165, 1.54) is 18.2 Å². The van der Waals surface area contributed by atoms with Crippen LogP contribution in [0.4, 0.5) is 13.2 Å². The summed E-state index contributed by atoms with van der Waals surface area (Å²) in [7, 11) is -4.23. The molecule has 0 amide bonds. The van der Waals surface area contributed by atoms with Gasteiger partial charge in [-0.25, -0.2) is 22.2 Å². The van der Waals surface area contributed by atoms with E-state index in [1.807, 2.05) is 26.8 Å². The molecule has 6 nitrogen and oxygen atoms in total. The molecule has 0 aliphatic rings. The van der Waals surface area contributed by atoms with Gasteiger partial charge in [-0.3, -0.25) is 0 Å². The molecule has 10 heteroatoms. The second-order valence-electron chi connectivity index (χ2n) is 9.91. The van der Waals surface area contributed by atoms with Crippen LogP contribution in [-0.4, -0.2) is 28.5 Å². The summed E-state index contributed by atoms with van der Waals surface area (Å²) >= 11 is 0. The van der Waals surface area contributed by atoms with Crippen molar-refractivity contribution in [2.24, 2.45) is 0 Å². The van der Waals surface area contributed by atoms with Crippen LogP contribution in [0.2, 0.25) is 0 Å². The summed E-state index contributed by atoms with van der Waals surface area (Å²) < 4.78 is 68.9. The predicted octanol–water partition coefficient (Wildman–Crippen LogP) is 6.19. The fraction of sp³-hybridized carbons (Fsp3) is 0.259. The second-order valence-corrected chi connectivity index (χ2v) is 11.7. The number of benzene rings is 2. The highest BCUT2D eigenvalue weighted by atomic mass is 32.2. The lowest BCUT2D eigenvalue weighted by molar-refractivity contribution is -0.140. The van der Waals surface area contributed by atoms with Crippen LogP contribution in [0.1, 0.15) is 59.2 Å². The van der Waals surface area contributed by atoms with Crippen molar-refractivity contribution in [2.75, 3.05) is 0 Å². The van der Waals surface area contributed by atoms with Gasteiger partial charge in [-0.15, -0.1) is 0 Å². The largest absolute Gasteiger partial charge is 0.478 e. The van der Waals surface area contributed by atoms with Gasteiger partial charge in [-0.05, 0) is 65.4 Å². The molecule has 0 bridgehead atoms. The molecule has 2 aromatic heterocycles. The SMILES string of the molecule is Cc1cc(Cc2cc3nc(C(F)(F)F)ccc3n2S(=O)(=O)c2cccc(C(C)(C)C)c2)ccc1C(=O)O. The van der Waals surface area contributed by atoms with E-state index in [0.717, 1.165) is 21.7 Å². The van der Waals surface area contributed by atoms with Gasteiger partial charge in [0.2, 0.25) is 0 Å². The number of alkyl halides is 3. The van der Waals surface area contributed by atoms with Crippen molar-refractivity contribution < 1.29 is 31.5 Å². The van der Waals surface area contributed by atoms with Crippen molar-refractivity contribution in [3.63, 3.8) is 0 Å². The van der Waals surface area contributed by atoms with E-state index < -0.39 is 27.9 Å². The summed E-state index contributed by atoms with van der Waals surface area (Å²) in [6.07, 6.45) is -4.67. The maximum absolute atomic E-state index is 13.9.